The lowest BCUT2D eigenvalue weighted by atomic mass is 9.97. The highest BCUT2D eigenvalue weighted by Gasteiger charge is 2.19. The van der Waals surface area contributed by atoms with Gasteiger partial charge in [-0.3, -0.25) is 9.59 Å². The Morgan fingerprint density at radius 1 is 1.26 bits per heavy atom. The number of benzene rings is 1. The molecular weight excluding hydrogens is 430 g/mol. The zero-order chi connectivity index (χ0) is 21.6. The van der Waals surface area contributed by atoms with Crippen molar-refractivity contribution in [1.29, 1.82) is 0 Å². The number of likely N-dealkylation sites (N-methyl/N-ethyl adjacent to an activating group) is 1. The van der Waals surface area contributed by atoms with E-state index in [9.17, 15) is 9.59 Å². The minimum atomic E-state index is -0.0192. The highest BCUT2D eigenvalue weighted by atomic mass is 32.2. The van der Waals surface area contributed by atoms with E-state index >= 15 is 0 Å². The van der Waals surface area contributed by atoms with Crippen LogP contribution in [0.15, 0.2) is 35.1 Å². The Labute approximate surface area is 190 Å². The summed E-state index contributed by atoms with van der Waals surface area (Å²) in [7, 11) is 1.80. The first-order valence-electron chi connectivity index (χ1n) is 10.6. The molecule has 31 heavy (non-hydrogen) atoms. The van der Waals surface area contributed by atoms with Crippen LogP contribution in [0.5, 0.6) is 5.75 Å². The van der Waals surface area contributed by atoms with Crippen LogP contribution in [0.25, 0.3) is 10.2 Å². The Balaban J connectivity index is 1.22. The maximum atomic E-state index is 12.6. The van der Waals surface area contributed by atoms with Gasteiger partial charge in [-0.2, -0.15) is 11.8 Å². The number of carbonyl (C=O) groups excluding carboxylic acids is 1. The van der Waals surface area contributed by atoms with Gasteiger partial charge in [0.1, 0.15) is 23.0 Å². The molecule has 1 aromatic carbocycles. The lowest BCUT2D eigenvalue weighted by Crippen LogP contribution is -2.31. The first kappa shape index (κ1) is 21.9. The third-order valence-electron chi connectivity index (χ3n) is 5.44. The summed E-state index contributed by atoms with van der Waals surface area (Å²) in [6.07, 6.45) is 4.84. The summed E-state index contributed by atoms with van der Waals surface area (Å²) < 4.78 is 5.65. The van der Waals surface area contributed by atoms with Gasteiger partial charge in [0.05, 0.1) is 17.7 Å². The SMILES string of the molecule is CN(CCOc1ccccc1)C(=O)CCSCc1nc2sc3c(c2c(=O)[nH]1)CCCC3. The lowest BCUT2D eigenvalue weighted by molar-refractivity contribution is -0.129. The summed E-state index contributed by atoms with van der Waals surface area (Å²) in [5, 5.41) is 0.794. The van der Waals surface area contributed by atoms with Crippen molar-refractivity contribution in [3.8, 4) is 5.75 Å². The molecule has 2 heterocycles. The fraction of sp³-hybridized carbons (Fsp3) is 0.435. The molecule has 0 saturated heterocycles. The van der Waals surface area contributed by atoms with E-state index in [1.165, 1.54) is 16.9 Å². The van der Waals surface area contributed by atoms with E-state index in [1.54, 1.807) is 35.0 Å². The second-order valence-corrected chi connectivity index (χ2v) is 9.87. The molecule has 1 amide bonds. The van der Waals surface area contributed by atoms with E-state index in [0.29, 0.717) is 36.9 Å². The van der Waals surface area contributed by atoms with Gasteiger partial charge in [0.2, 0.25) is 5.91 Å². The van der Waals surface area contributed by atoms with Gasteiger partial charge in [0.25, 0.3) is 5.56 Å². The molecule has 2 aromatic heterocycles. The number of para-hydroxylation sites is 1. The van der Waals surface area contributed by atoms with Crippen LogP contribution in [0, 0.1) is 0 Å². The maximum absolute atomic E-state index is 12.6. The van der Waals surface area contributed by atoms with Gasteiger partial charge in [0.15, 0.2) is 0 Å². The van der Waals surface area contributed by atoms with Gasteiger partial charge in [0, 0.05) is 24.1 Å². The minimum absolute atomic E-state index is 0.0192. The molecule has 6 nitrogen and oxygen atoms in total. The summed E-state index contributed by atoms with van der Waals surface area (Å²) in [5.74, 6) is 2.88. The molecule has 0 unspecified atom stereocenters. The Kier molecular flexibility index (Phi) is 7.29. The summed E-state index contributed by atoms with van der Waals surface area (Å²) >= 11 is 3.29. The Morgan fingerprint density at radius 3 is 2.90 bits per heavy atom. The number of thiophene rings is 1. The summed E-state index contributed by atoms with van der Waals surface area (Å²) in [5.41, 5.74) is 1.19. The smallest absolute Gasteiger partial charge is 0.259 e. The van der Waals surface area contributed by atoms with Crippen LogP contribution in [-0.2, 0) is 23.4 Å². The van der Waals surface area contributed by atoms with E-state index in [0.717, 1.165) is 35.2 Å². The molecule has 1 aliphatic carbocycles. The number of aromatic amines is 1. The van der Waals surface area contributed by atoms with Crippen LogP contribution in [-0.4, -0.2) is 46.7 Å². The van der Waals surface area contributed by atoms with E-state index in [4.69, 9.17) is 9.72 Å². The molecule has 0 aliphatic heterocycles. The molecule has 0 fully saturated rings. The second-order valence-electron chi connectivity index (χ2n) is 7.68. The number of amides is 1. The predicted molar refractivity (Wildman–Crippen MR) is 127 cm³/mol. The van der Waals surface area contributed by atoms with Crippen molar-refractivity contribution in [3.63, 3.8) is 0 Å². The van der Waals surface area contributed by atoms with Crippen LogP contribution >= 0.6 is 23.1 Å². The number of carbonyl (C=O) groups is 1. The number of fused-ring (bicyclic) bond motifs is 3. The van der Waals surface area contributed by atoms with Crippen molar-refractivity contribution in [2.75, 3.05) is 26.0 Å². The molecule has 0 atom stereocenters. The molecule has 0 saturated carbocycles. The molecule has 3 aromatic rings. The Morgan fingerprint density at radius 2 is 2.06 bits per heavy atom. The number of ether oxygens (including phenoxy) is 1. The van der Waals surface area contributed by atoms with E-state index in [2.05, 4.69) is 4.98 Å². The average molecular weight is 458 g/mol. The molecule has 0 bridgehead atoms. The van der Waals surface area contributed by atoms with Gasteiger partial charge in [-0.25, -0.2) is 4.98 Å². The number of nitrogens with one attached hydrogen (secondary N) is 1. The van der Waals surface area contributed by atoms with Crippen molar-refractivity contribution in [1.82, 2.24) is 14.9 Å². The van der Waals surface area contributed by atoms with E-state index in [-0.39, 0.29) is 11.5 Å². The Bertz CT molecular complexity index is 1090. The minimum Gasteiger partial charge on any atom is -0.492 e. The first-order chi connectivity index (χ1) is 15.1. The maximum Gasteiger partial charge on any atom is 0.259 e. The summed E-state index contributed by atoms with van der Waals surface area (Å²) in [4.78, 5) is 36.4. The molecule has 1 N–H and O–H groups in total. The van der Waals surface area contributed by atoms with Gasteiger partial charge < -0.3 is 14.6 Å². The van der Waals surface area contributed by atoms with Crippen molar-refractivity contribution in [3.05, 3.63) is 57.0 Å². The monoisotopic (exact) mass is 457 g/mol. The average Bonchev–Trinajstić information content (AvgIpc) is 3.16. The molecule has 0 spiro atoms. The van der Waals surface area contributed by atoms with Crippen LogP contribution < -0.4 is 10.3 Å². The normalized spacial score (nSPS) is 13.2. The summed E-state index contributed by atoms with van der Waals surface area (Å²) in [6.45, 7) is 1.02. The van der Waals surface area contributed by atoms with Crippen molar-refractivity contribution >= 4 is 39.2 Å². The highest BCUT2D eigenvalue weighted by molar-refractivity contribution is 7.98. The second kappa shape index (κ2) is 10.3. The number of thioether (sulfide) groups is 1. The van der Waals surface area contributed by atoms with Crippen LogP contribution in [0.2, 0.25) is 0 Å². The van der Waals surface area contributed by atoms with Crippen LogP contribution in [0.4, 0.5) is 0 Å². The summed E-state index contributed by atoms with van der Waals surface area (Å²) in [6, 6.07) is 9.60. The number of aromatic nitrogens is 2. The van der Waals surface area contributed by atoms with E-state index in [1.807, 2.05) is 30.3 Å². The highest BCUT2D eigenvalue weighted by Crippen LogP contribution is 2.33. The zero-order valence-corrected chi connectivity index (χ0v) is 19.3. The standard InChI is InChI=1S/C23H27N3O3S2/c1-26(12-13-29-16-7-3-2-4-8-16)20(27)11-14-30-15-19-24-22(28)21-17-9-5-6-10-18(17)31-23(21)25-19/h2-4,7-8H,5-6,9-15H2,1H3,(H,24,25,28). The van der Waals surface area contributed by atoms with Gasteiger partial charge in [-0.1, -0.05) is 18.2 Å². The first-order valence-corrected chi connectivity index (χ1v) is 12.6. The number of hydrogen-bond acceptors (Lipinski definition) is 6. The number of nitrogens with zero attached hydrogens (tertiary/aromatic N) is 2. The van der Waals surface area contributed by atoms with Gasteiger partial charge in [-0.05, 0) is 43.4 Å². The molecule has 1 aliphatic rings. The predicted octanol–water partition coefficient (Wildman–Crippen LogP) is 4.02. The number of rotatable bonds is 9. The quantitative estimate of drug-likeness (QED) is 0.491. The topological polar surface area (TPSA) is 75.3 Å². The van der Waals surface area contributed by atoms with Crippen LogP contribution in [0.3, 0.4) is 0 Å². The fourth-order valence-electron chi connectivity index (χ4n) is 3.74. The van der Waals surface area contributed by atoms with E-state index < -0.39 is 0 Å². The van der Waals surface area contributed by atoms with Crippen molar-refractivity contribution in [2.45, 2.75) is 37.9 Å². The molecule has 0 radical (unpaired) electrons. The van der Waals surface area contributed by atoms with Gasteiger partial charge >= 0.3 is 0 Å². The van der Waals surface area contributed by atoms with Crippen molar-refractivity contribution < 1.29 is 9.53 Å². The molecular formula is C23H27N3O3S2. The fourth-order valence-corrected chi connectivity index (χ4v) is 5.81. The Hall–Kier alpha value is -2.32. The number of H-pyrrole nitrogens is 1. The van der Waals surface area contributed by atoms with Crippen LogP contribution in [0.1, 0.15) is 35.5 Å². The molecule has 164 valence electrons. The number of aryl methyl sites for hydroxylation is 2. The molecule has 4 rings (SSSR count). The number of hydrogen-bond donors (Lipinski definition) is 1. The third kappa shape index (κ3) is 5.49. The largest absolute Gasteiger partial charge is 0.492 e. The van der Waals surface area contributed by atoms with Gasteiger partial charge in [-0.15, -0.1) is 11.3 Å². The van der Waals surface area contributed by atoms with Crippen molar-refractivity contribution in [2.24, 2.45) is 0 Å². The zero-order valence-electron chi connectivity index (χ0n) is 17.7. The lowest BCUT2D eigenvalue weighted by Gasteiger charge is -2.17. The molecule has 8 heteroatoms. The third-order valence-corrected chi connectivity index (χ3v) is 7.59.